The minimum atomic E-state index is -0.286. The van der Waals surface area contributed by atoms with Crippen LogP contribution in [0.1, 0.15) is 13.3 Å². The Hall–Kier alpha value is -1.02. The first kappa shape index (κ1) is 10.1. The van der Waals surface area contributed by atoms with Crippen LogP contribution in [0.2, 0.25) is 0 Å². The average Bonchev–Trinajstić information content (AvgIpc) is 2.04. The Labute approximate surface area is 80.9 Å². The summed E-state index contributed by atoms with van der Waals surface area (Å²) in [5.74, 6) is 0.344. The summed E-state index contributed by atoms with van der Waals surface area (Å²) in [5.41, 5.74) is 0. The minimum Gasteiger partial charge on any atom is -0.277 e. The van der Waals surface area contributed by atoms with Gasteiger partial charge in [0.2, 0.25) is 11.8 Å². The quantitative estimate of drug-likeness (QED) is 0.602. The normalized spacial score (nSPS) is 19.8. The molecule has 0 spiro atoms. The Kier molecular flexibility index (Phi) is 3.32. The van der Waals surface area contributed by atoms with Crippen LogP contribution in [0.25, 0.3) is 0 Å². The topological polar surface area (TPSA) is 61.2 Å². The van der Waals surface area contributed by atoms with Crippen molar-refractivity contribution in [2.75, 3.05) is 11.5 Å². The van der Waals surface area contributed by atoms with Gasteiger partial charge in [-0.2, -0.15) is 5.26 Å². The SMILES string of the molecule is CC(CC#N)N1C(=O)CSCC1=O. The van der Waals surface area contributed by atoms with Crippen molar-refractivity contribution in [2.45, 2.75) is 19.4 Å². The molecular formula is C8H10N2O2S. The van der Waals surface area contributed by atoms with Crippen LogP contribution in [0.5, 0.6) is 0 Å². The maximum Gasteiger partial charge on any atom is 0.239 e. The summed E-state index contributed by atoms with van der Waals surface area (Å²) < 4.78 is 0. The minimum absolute atomic E-state index is 0.177. The first-order valence-corrected chi connectivity index (χ1v) is 5.12. The van der Waals surface area contributed by atoms with Crippen molar-refractivity contribution in [1.82, 2.24) is 4.90 Å². The van der Waals surface area contributed by atoms with Gasteiger partial charge in [0, 0.05) is 6.04 Å². The largest absolute Gasteiger partial charge is 0.277 e. The van der Waals surface area contributed by atoms with Crippen molar-refractivity contribution in [2.24, 2.45) is 0 Å². The highest BCUT2D eigenvalue weighted by Gasteiger charge is 2.30. The maximum atomic E-state index is 11.3. The Balaban J connectivity index is 2.69. The molecule has 0 aromatic carbocycles. The lowest BCUT2D eigenvalue weighted by atomic mass is 10.2. The van der Waals surface area contributed by atoms with E-state index in [2.05, 4.69) is 0 Å². The zero-order valence-corrected chi connectivity index (χ0v) is 8.13. The molecule has 0 saturated carbocycles. The molecular weight excluding hydrogens is 188 g/mol. The second-order valence-electron chi connectivity index (χ2n) is 2.86. The predicted octanol–water partition coefficient (Wildman–Crippen LogP) is 0.391. The third kappa shape index (κ3) is 2.22. The molecule has 0 aromatic heterocycles. The average molecular weight is 198 g/mol. The van der Waals surface area contributed by atoms with E-state index in [1.807, 2.05) is 6.07 Å². The molecule has 1 fully saturated rings. The fraction of sp³-hybridized carbons (Fsp3) is 0.625. The van der Waals surface area contributed by atoms with Crippen molar-refractivity contribution in [1.29, 1.82) is 5.26 Å². The van der Waals surface area contributed by atoms with Crippen LogP contribution in [0.3, 0.4) is 0 Å². The van der Waals surface area contributed by atoms with E-state index in [1.165, 1.54) is 16.7 Å². The molecule has 70 valence electrons. The molecule has 1 rings (SSSR count). The number of carbonyl (C=O) groups excluding carboxylic acids is 2. The number of nitriles is 1. The van der Waals surface area contributed by atoms with Crippen LogP contribution in [-0.2, 0) is 9.59 Å². The lowest BCUT2D eigenvalue weighted by Crippen LogP contribution is -2.47. The van der Waals surface area contributed by atoms with Crippen LogP contribution in [0.15, 0.2) is 0 Å². The molecule has 0 aliphatic carbocycles. The van der Waals surface area contributed by atoms with Crippen LogP contribution in [0, 0.1) is 11.3 Å². The number of rotatable bonds is 2. The van der Waals surface area contributed by atoms with E-state index < -0.39 is 0 Å². The second-order valence-corrected chi connectivity index (χ2v) is 3.85. The van der Waals surface area contributed by atoms with Crippen molar-refractivity contribution in [3.63, 3.8) is 0 Å². The molecule has 2 amide bonds. The summed E-state index contributed by atoms with van der Waals surface area (Å²) in [5, 5.41) is 8.44. The molecule has 0 aromatic rings. The monoisotopic (exact) mass is 198 g/mol. The first-order chi connectivity index (χ1) is 6.16. The summed E-state index contributed by atoms with van der Waals surface area (Å²) in [6.45, 7) is 1.72. The molecule has 4 nitrogen and oxygen atoms in total. The lowest BCUT2D eigenvalue weighted by Gasteiger charge is -2.28. The smallest absolute Gasteiger partial charge is 0.239 e. The number of carbonyl (C=O) groups is 2. The molecule has 1 aliphatic rings. The summed E-state index contributed by atoms with van der Waals surface area (Å²) in [6, 6.07) is 1.67. The number of imide groups is 1. The molecule has 0 bridgehead atoms. The highest BCUT2D eigenvalue weighted by molar-refractivity contribution is 8.00. The fourth-order valence-corrected chi connectivity index (χ4v) is 1.95. The van der Waals surface area contributed by atoms with E-state index in [-0.39, 0.29) is 24.3 Å². The second kappa shape index (κ2) is 4.28. The molecule has 13 heavy (non-hydrogen) atoms. The highest BCUT2D eigenvalue weighted by atomic mass is 32.2. The number of thioether (sulfide) groups is 1. The van der Waals surface area contributed by atoms with Crippen LogP contribution in [0.4, 0.5) is 0 Å². The predicted molar refractivity (Wildman–Crippen MR) is 48.9 cm³/mol. The Morgan fingerprint density at radius 3 is 2.54 bits per heavy atom. The Morgan fingerprint density at radius 2 is 2.08 bits per heavy atom. The molecule has 1 unspecified atom stereocenters. The van der Waals surface area contributed by atoms with Crippen molar-refractivity contribution < 1.29 is 9.59 Å². The maximum absolute atomic E-state index is 11.3. The molecule has 0 N–H and O–H groups in total. The van der Waals surface area contributed by atoms with Gasteiger partial charge in [0.15, 0.2) is 0 Å². The van der Waals surface area contributed by atoms with Crippen molar-refractivity contribution in [3.8, 4) is 6.07 Å². The van der Waals surface area contributed by atoms with Gasteiger partial charge in [-0.05, 0) is 6.92 Å². The molecule has 1 atom stereocenters. The third-order valence-corrected chi connectivity index (χ3v) is 2.72. The number of hydrogen-bond donors (Lipinski definition) is 0. The highest BCUT2D eigenvalue weighted by Crippen LogP contribution is 2.16. The van der Waals surface area contributed by atoms with E-state index in [0.717, 1.165) is 0 Å². The van der Waals surface area contributed by atoms with Crippen molar-refractivity contribution >= 4 is 23.6 Å². The van der Waals surface area contributed by atoms with E-state index in [0.29, 0.717) is 11.5 Å². The molecule has 5 heteroatoms. The fourth-order valence-electron chi connectivity index (χ4n) is 1.22. The van der Waals surface area contributed by atoms with Gasteiger partial charge in [0.25, 0.3) is 0 Å². The van der Waals surface area contributed by atoms with Crippen LogP contribution >= 0.6 is 11.8 Å². The standard InChI is InChI=1S/C8H10N2O2S/c1-6(2-3-9)10-7(11)4-13-5-8(10)12/h6H,2,4-5H2,1H3. The number of hydrogen-bond acceptors (Lipinski definition) is 4. The van der Waals surface area contributed by atoms with Gasteiger partial charge >= 0.3 is 0 Å². The summed E-state index contributed by atoms with van der Waals surface area (Å²) in [7, 11) is 0. The molecule has 1 saturated heterocycles. The molecule has 1 heterocycles. The summed E-state index contributed by atoms with van der Waals surface area (Å²) >= 11 is 1.33. The zero-order chi connectivity index (χ0) is 9.84. The van der Waals surface area contributed by atoms with Gasteiger partial charge in [-0.1, -0.05) is 0 Å². The van der Waals surface area contributed by atoms with Gasteiger partial charge in [-0.3, -0.25) is 14.5 Å². The third-order valence-electron chi connectivity index (χ3n) is 1.82. The Bertz CT molecular complexity index is 256. The lowest BCUT2D eigenvalue weighted by molar-refractivity contribution is -0.144. The van der Waals surface area contributed by atoms with E-state index in [1.54, 1.807) is 6.92 Å². The van der Waals surface area contributed by atoms with Gasteiger partial charge < -0.3 is 0 Å². The Morgan fingerprint density at radius 1 is 1.54 bits per heavy atom. The van der Waals surface area contributed by atoms with E-state index in [9.17, 15) is 9.59 Å². The molecule has 0 radical (unpaired) electrons. The van der Waals surface area contributed by atoms with Gasteiger partial charge in [0.1, 0.15) is 0 Å². The summed E-state index contributed by atoms with van der Waals surface area (Å²) in [6.07, 6.45) is 0.210. The zero-order valence-electron chi connectivity index (χ0n) is 7.32. The number of amides is 2. The van der Waals surface area contributed by atoms with Gasteiger partial charge in [-0.15, -0.1) is 11.8 Å². The number of nitrogens with zero attached hydrogens (tertiary/aromatic N) is 2. The molecule has 1 aliphatic heterocycles. The summed E-state index contributed by atoms with van der Waals surface area (Å²) in [4.78, 5) is 23.8. The van der Waals surface area contributed by atoms with E-state index in [4.69, 9.17) is 5.26 Å². The van der Waals surface area contributed by atoms with Gasteiger partial charge in [0.05, 0.1) is 24.0 Å². The van der Waals surface area contributed by atoms with Crippen LogP contribution < -0.4 is 0 Å². The van der Waals surface area contributed by atoms with Crippen molar-refractivity contribution in [3.05, 3.63) is 0 Å². The van der Waals surface area contributed by atoms with Gasteiger partial charge in [-0.25, -0.2) is 0 Å². The van der Waals surface area contributed by atoms with Crippen LogP contribution in [-0.4, -0.2) is 34.3 Å². The van der Waals surface area contributed by atoms with E-state index >= 15 is 0 Å². The first-order valence-electron chi connectivity index (χ1n) is 3.96.